The summed E-state index contributed by atoms with van der Waals surface area (Å²) in [5.74, 6) is 0.531. The van der Waals surface area contributed by atoms with Gasteiger partial charge < -0.3 is 5.11 Å². The summed E-state index contributed by atoms with van der Waals surface area (Å²) in [5, 5.41) is 15.5. The zero-order valence-corrected chi connectivity index (χ0v) is 18.0. The van der Waals surface area contributed by atoms with Gasteiger partial charge in [0, 0.05) is 32.9 Å². The Labute approximate surface area is 186 Å². The lowest BCUT2D eigenvalue weighted by Gasteiger charge is -2.04. The van der Waals surface area contributed by atoms with Gasteiger partial charge in [0.05, 0.1) is 16.4 Å². The molecule has 0 unspecified atom stereocenters. The Kier molecular flexibility index (Phi) is 5.72. The zero-order valence-electron chi connectivity index (χ0n) is 14.9. The first-order valence-electron chi connectivity index (χ1n) is 8.65. The number of halogens is 3. The van der Waals surface area contributed by atoms with Crippen LogP contribution in [0.3, 0.4) is 0 Å². The summed E-state index contributed by atoms with van der Waals surface area (Å²) in [5.41, 5.74) is 3.04. The fraction of sp³-hybridized carbons (Fsp3) is 0. The third-order valence-electron chi connectivity index (χ3n) is 4.22. The molecule has 1 heterocycles. The highest BCUT2D eigenvalue weighted by Crippen LogP contribution is 2.31. The molecule has 0 saturated carbocycles. The summed E-state index contributed by atoms with van der Waals surface area (Å²) >= 11 is 15.5. The average Bonchev–Trinajstić information content (AvgIpc) is 3.15. The smallest absolute Gasteiger partial charge is 0.156 e. The minimum atomic E-state index is -0.0706. The maximum absolute atomic E-state index is 10.2. The fourth-order valence-corrected chi connectivity index (χ4v) is 3.58. The molecule has 0 aliphatic rings. The van der Waals surface area contributed by atoms with Crippen LogP contribution in [0.25, 0.3) is 16.9 Å². The minimum absolute atomic E-state index is 0.0706. The lowest BCUT2D eigenvalue weighted by Crippen LogP contribution is -1.96. The molecule has 1 aromatic heterocycles. The molecule has 0 aliphatic heterocycles. The highest BCUT2D eigenvalue weighted by molar-refractivity contribution is 9.10. The van der Waals surface area contributed by atoms with Crippen LogP contribution in [0.2, 0.25) is 10.0 Å². The molecule has 0 aliphatic carbocycles. The number of hydrogen-bond donors (Lipinski definition) is 1. The molecule has 0 atom stereocenters. The summed E-state index contributed by atoms with van der Waals surface area (Å²) in [6, 6.07) is 22.6. The molecule has 0 radical (unpaired) electrons. The van der Waals surface area contributed by atoms with Gasteiger partial charge in [-0.2, -0.15) is 5.10 Å². The van der Waals surface area contributed by atoms with Crippen LogP contribution in [0.15, 0.2) is 82.3 Å². The minimum Gasteiger partial charge on any atom is -0.506 e. The van der Waals surface area contributed by atoms with E-state index in [0.29, 0.717) is 16.4 Å². The van der Waals surface area contributed by atoms with Crippen LogP contribution >= 0.6 is 39.1 Å². The van der Waals surface area contributed by atoms with E-state index in [-0.39, 0.29) is 10.8 Å². The number of para-hydroxylation sites is 1. The van der Waals surface area contributed by atoms with Gasteiger partial charge in [0.2, 0.25) is 0 Å². The van der Waals surface area contributed by atoms with Gasteiger partial charge >= 0.3 is 0 Å². The van der Waals surface area contributed by atoms with Gasteiger partial charge in [-0.1, -0.05) is 69.5 Å². The molecule has 1 N–H and O–H groups in total. The van der Waals surface area contributed by atoms with Crippen LogP contribution < -0.4 is 0 Å². The Balaban J connectivity index is 1.80. The van der Waals surface area contributed by atoms with E-state index in [1.807, 2.05) is 60.7 Å². The molecule has 144 valence electrons. The Morgan fingerprint density at radius 3 is 2.41 bits per heavy atom. The molecule has 0 amide bonds. The van der Waals surface area contributed by atoms with Gasteiger partial charge in [-0.05, 0) is 36.4 Å². The second-order valence-electron chi connectivity index (χ2n) is 6.23. The highest BCUT2D eigenvalue weighted by Gasteiger charge is 2.12. The number of hydrogen-bond acceptors (Lipinski definition) is 3. The summed E-state index contributed by atoms with van der Waals surface area (Å²) in [6.45, 7) is 0. The molecule has 0 saturated heterocycles. The quantitative estimate of drug-likeness (QED) is 0.314. The van der Waals surface area contributed by atoms with E-state index in [1.165, 1.54) is 12.3 Å². The maximum Gasteiger partial charge on any atom is 0.156 e. The predicted octanol–water partition coefficient (Wildman–Crippen LogP) is 7.06. The second-order valence-corrected chi connectivity index (χ2v) is 7.98. The van der Waals surface area contributed by atoms with Crippen LogP contribution in [0.5, 0.6) is 5.75 Å². The predicted molar refractivity (Wildman–Crippen MR) is 122 cm³/mol. The van der Waals surface area contributed by atoms with Crippen LogP contribution in [-0.2, 0) is 0 Å². The largest absolute Gasteiger partial charge is 0.506 e. The van der Waals surface area contributed by atoms with Crippen LogP contribution in [-0.4, -0.2) is 21.1 Å². The number of phenolic OH excluding ortho intramolecular Hbond substituents is 1. The van der Waals surface area contributed by atoms with E-state index < -0.39 is 0 Å². The van der Waals surface area contributed by atoms with Crippen molar-refractivity contribution in [3.8, 4) is 22.7 Å². The monoisotopic (exact) mass is 485 g/mol. The highest BCUT2D eigenvalue weighted by atomic mass is 79.9. The molecule has 7 heteroatoms. The van der Waals surface area contributed by atoms with Crippen molar-refractivity contribution >= 4 is 51.2 Å². The number of aliphatic imine (C=N–C) groups is 1. The Morgan fingerprint density at radius 1 is 0.966 bits per heavy atom. The number of nitrogens with zero attached hydrogens (tertiary/aromatic N) is 3. The molecule has 0 bridgehead atoms. The standard InChI is InChI=1S/C22H14BrCl2N3O/c23-16-8-6-14(7-9-16)20-12-21(28(27-20)18-4-2-1-3-5-18)26-13-15-10-17(24)11-19(25)22(15)29/h1-13,29H/b26-13+. The third-order valence-corrected chi connectivity index (χ3v) is 5.26. The first kappa shape index (κ1) is 19.7. The van der Waals surface area contributed by atoms with Gasteiger partial charge in [-0.15, -0.1) is 0 Å². The van der Waals surface area contributed by atoms with Crippen molar-refractivity contribution in [1.82, 2.24) is 9.78 Å². The van der Waals surface area contributed by atoms with Crippen molar-refractivity contribution in [3.05, 3.63) is 92.9 Å². The van der Waals surface area contributed by atoms with Crippen LogP contribution in [0.1, 0.15) is 5.56 Å². The fourth-order valence-electron chi connectivity index (χ4n) is 2.80. The first-order valence-corrected chi connectivity index (χ1v) is 10.2. The van der Waals surface area contributed by atoms with E-state index >= 15 is 0 Å². The van der Waals surface area contributed by atoms with Gasteiger partial charge in [0.1, 0.15) is 5.75 Å². The Morgan fingerprint density at radius 2 is 1.69 bits per heavy atom. The number of phenols is 1. The van der Waals surface area contributed by atoms with Gasteiger partial charge in [0.25, 0.3) is 0 Å². The summed E-state index contributed by atoms with van der Waals surface area (Å²) in [6.07, 6.45) is 1.52. The number of rotatable bonds is 4. The molecule has 4 aromatic rings. The average molecular weight is 487 g/mol. The molecule has 4 nitrogen and oxygen atoms in total. The van der Waals surface area contributed by atoms with Crippen LogP contribution in [0.4, 0.5) is 5.82 Å². The van der Waals surface area contributed by atoms with Gasteiger partial charge in [0.15, 0.2) is 5.82 Å². The second kappa shape index (κ2) is 8.41. The molecule has 29 heavy (non-hydrogen) atoms. The van der Waals surface area contributed by atoms with E-state index in [1.54, 1.807) is 10.7 Å². The van der Waals surface area contributed by atoms with Crippen molar-refractivity contribution < 1.29 is 5.11 Å². The Hall–Kier alpha value is -2.60. The molecule has 3 aromatic carbocycles. The molecular formula is C22H14BrCl2N3O. The van der Waals surface area contributed by atoms with Crippen molar-refractivity contribution in [3.63, 3.8) is 0 Å². The van der Waals surface area contributed by atoms with Crippen LogP contribution in [0, 0.1) is 0 Å². The zero-order chi connectivity index (χ0) is 20.4. The van der Waals surface area contributed by atoms with E-state index in [4.69, 9.17) is 28.3 Å². The molecular weight excluding hydrogens is 473 g/mol. The SMILES string of the molecule is Oc1c(Cl)cc(Cl)cc1/C=N/c1cc(-c2ccc(Br)cc2)nn1-c1ccccc1. The maximum atomic E-state index is 10.2. The van der Waals surface area contributed by atoms with Crippen molar-refractivity contribution in [2.24, 2.45) is 4.99 Å². The van der Waals surface area contributed by atoms with Gasteiger partial charge in [-0.3, -0.25) is 0 Å². The summed E-state index contributed by atoms with van der Waals surface area (Å²) in [4.78, 5) is 4.55. The lowest BCUT2D eigenvalue weighted by atomic mass is 10.1. The van der Waals surface area contributed by atoms with Crippen molar-refractivity contribution in [1.29, 1.82) is 0 Å². The van der Waals surface area contributed by atoms with Crippen molar-refractivity contribution in [2.45, 2.75) is 0 Å². The van der Waals surface area contributed by atoms with Crippen molar-refractivity contribution in [2.75, 3.05) is 0 Å². The third kappa shape index (κ3) is 4.37. The van der Waals surface area contributed by atoms with E-state index in [0.717, 1.165) is 21.4 Å². The number of benzene rings is 3. The molecule has 0 spiro atoms. The lowest BCUT2D eigenvalue weighted by molar-refractivity contribution is 0.475. The molecule has 0 fully saturated rings. The Bertz CT molecular complexity index is 1190. The van der Waals surface area contributed by atoms with Gasteiger partial charge in [-0.25, -0.2) is 9.67 Å². The van der Waals surface area contributed by atoms with E-state index in [9.17, 15) is 5.11 Å². The first-order chi connectivity index (χ1) is 14.0. The number of aromatic hydroxyl groups is 1. The summed E-state index contributed by atoms with van der Waals surface area (Å²) < 4.78 is 2.74. The van der Waals surface area contributed by atoms with E-state index in [2.05, 4.69) is 20.9 Å². The normalized spacial score (nSPS) is 11.3. The molecule has 4 rings (SSSR count). The summed E-state index contributed by atoms with van der Waals surface area (Å²) in [7, 11) is 0. The topological polar surface area (TPSA) is 50.4 Å². The number of aromatic nitrogens is 2.